The fourth-order valence-corrected chi connectivity index (χ4v) is 2.46. The first-order valence-corrected chi connectivity index (χ1v) is 6.80. The molecule has 0 bridgehead atoms. The van der Waals surface area contributed by atoms with E-state index < -0.39 is 0 Å². The van der Waals surface area contributed by atoms with Crippen LogP contribution in [-0.2, 0) is 9.53 Å². The molecule has 0 spiro atoms. The molecule has 0 aromatic rings. The maximum absolute atomic E-state index is 11.3. The minimum Gasteiger partial charge on any atom is -0.465 e. The van der Waals surface area contributed by atoms with Crippen LogP contribution in [0, 0.1) is 17.8 Å². The van der Waals surface area contributed by atoms with E-state index in [-0.39, 0.29) is 11.9 Å². The molecule has 0 saturated heterocycles. The lowest BCUT2D eigenvalue weighted by Crippen LogP contribution is -2.22. The van der Waals surface area contributed by atoms with Crippen LogP contribution in [0.3, 0.4) is 0 Å². The van der Waals surface area contributed by atoms with E-state index in [4.69, 9.17) is 4.74 Å². The summed E-state index contributed by atoms with van der Waals surface area (Å²) >= 11 is 0. The first-order valence-electron chi connectivity index (χ1n) is 6.80. The van der Waals surface area contributed by atoms with Crippen LogP contribution in [0.15, 0.2) is 0 Å². The maximum Gasteiger partial charge on any atom is 0.308 e. The Morgan fingerprint density at radius 1 is 1.19 bits per heavy atom. The van der Waals surface area contributed by atoms with E-state index in [0.717, 1.165) is 5.92 Å². The van der Waals surface area contributed by atoms with Crippen LogP contribution >= 0.6 is 0 Å². The van der Waals surface area contributed by atoms with Gasteiger partial charge in [-0.2, -0.15) is 0 Å². The van der Waals surface area contributed by atoms with E-state index in [1.807, 2.05) is 13.8 Å². The van der Waals surface area contributed by atoms with E-state index in [9.17, 15) is 4.79 Å². The van der Waals surface area contributed by atoms with Crippen molar-refractivity contribution < 1.29 is 9.53 Å². The molecule has 0 amide bonds. The molecule has 2 heteroatoms. The van der Waals surface area contributed by atoms with E-state index in [0.29, 0.717) is 12.5 Å². The summed E-state index contributed by atoms with van der Waals surface area (Å²) in [5, 5.41) is 0. The van der Waals surface area contributed by atoms with Gasteiger partial charge in [0.2, 0.25) is 0 Å². The van der Waals surface area contributed by atoms with Gasteiger partial charge in [0, 0.05) is 0 Å². The zero-order valence-electron chi connectivity index (χ0n) is 11.0. The number of hydrogen-bond acceptors (Lipinski definition) is 2. The Kier molecular flexibility index (Phi) is 5.86. The first kappa shape index (κ1) is 13.5. The van der Waals surface area contributed by atoms with Gasteiger partial charge in [-0.1, -0.05) is 46.5 Å². The van der Waals surface area contributed by atoms with Crippen LogP contribution in [0.1, 0.15) is 59.3 Å². The molecule has 1 saturated carbocycles. The third-order valence-electron chi connectivity index (χ3n) is 3.60. The molecule has 1 aliphatic carbocycles. The molecule has 16 heavy (non-hydrogen) atoms. The lowest BCUT2D eigenvalue weighted by Gasteiger charge is -2.28. The quantitative estimate of drug-likeness (QED) is 0.667. The van der Waals surface area contributed by atoms with E-state index in [1.54, 1.807) is 0 Å². The molecule has 0 heterocycles. The fraction of sp³-hybridized carbons (Fsp3) is 0.929. The lowest BCUT2D eigenvalue weighted by molar-refractivity contribution is -0.149. The average molecular weight is 226 g/mol. The molecule has 1 aliphatic rings. The summed E-state index contributed by atoms with van der Waals surface area (Å²) in [4.78, 5) is 11.3. The third-order valence-corrected chi connectivity index (χ3v) is 3.60. The monoisotopic (exact) mass is 226 g/mol. The number of ether oxygens (including phenoxy) is 1. The minimum absolute atomic E-state index is 0.0106. The Morgan fingerprint density at radius 3 is 2.25 bits per heavy atom. The van der Waals surface area contributed by atoms with Gasteiger partial charge in [-0.25, -0.2) is 0 Å². The summed E-state index contributed by atoms with van der Waals surface area (Å²) in [7, 11) is 0. The molecule has 2 nitrogen and oxygen atoms in total. The Morgan fingerprint density at radius 2 is 1.75 bits per heavy atom. The van der Waals surface area contributed by atoms with Crippen molar-refractivity contribution in [3.05, 3.63) is 0 Å². The molecule has 94 valence electrons. The molecule has 0 atom stereocenters. The summed E-state index contributed by atoms with van der Waals surface area (Å²) in [6.07, 6.45) is 7.83. The SMILES string of the molecule is CCCC1CCC(COC(=O)C(C)C)CC1. The molecule has 1 fully saturated rings. The topological polar surface area (TPSA) is 26.3 Å². The van der Waals surface area contributed by atoms with Gasteiger partial charge in [0.1, 0.15) is 0 Å². The third kappa shape index (κ3) is 4.54. The highest BCUT2D eigenvalue weighted by Crippen LogP contribution is 2.31. The highest BCUT2D eigenvalue weighted by Gasteiger charge is 2.22. The van der Waals surface area contributed by atoms with Crippen LogP contribution in [0.2, 0.25) is 0 Å². The van der Waals surface area contributed by atoms with E-state index in [2.05, 4.69) is 6.92 Å². The van der Waals surface area contributed by atoms with Crippen molar-refractivity contribution in [3.63, 3.8) is 0 Å². The van der Waals surface area contributed by atoms with Gasteiger partial charge in [0.25, 0.3) is 0 Å². The van der Waals surface area contributed by atoms with Gasteiger partial charge in [-0.15, -0.1) is 0 Å². The molecule has 0 N–H and O–H groups in total. The predicted molar refractivity (Wildman–Crippen MR) is 66.2 cm³/mol. The fourth-order valence-electron chi connectivity index (χ4n) is 2.46. The van der Waals surface area contributed by atoms with Crippen LogP contribution in [-0.4, -0.2) is 12.6 Å². The number of hydrogen-bond donors (Lipinski definition) is 0. The smallest absolute Gasteiger partial charge is 0.308 e. The Balaban J connectivity index is 2.15. The predicted octanol–water partition coefficient (Wildman–Crippen LogP) is 3.79. The highest BCUT2D eigenvalue weighted by molar-refractivity contribution is 5.71. The second kappa shape index (κ2) is 6.93. The molecule has 0 aromatic carbocycles. The van der Waals surface area contributed by atoms with E-state index >= 15 is 0 Å². The van der Waals surface area contributed by atoms with Crippen molar-refractivity contribution in [1.82, 2.24) is 0 Å². The zero-order valence-corrected chi connectivity index (χ0v) is 11.0. The van der Waals surface area contributed by atoms with Gasteiger partial charge >= 0.3 is 5.97 Å². The summed E-state index contributed by atoms with van der Waals surface area (Å²) in [5.74, 6) is 1.52. The molecule has 0 aliphatic heterocycles. The van der Waals surface area contributed by atoms with Crippen LogP contribution in [0.25, 0.3) is 0 Å². The lowest BCUT2D eigenvalue weighted by atomic mass is 9.80. The standard InChI is InChI=1S/C14H26O2/c1-4-5-12-6-8-13(9-7-12)10-16-14(15)11(2)3/h11-13H,4-10H2,1-3H3. The summed E-state index contributed by atoms with van der Waals surface area (Å²) < 4.78 is 5.30. The molecule has 1 rings (SSSR count). The van der Waals surface area contributed by atoms with Gasteiger partial charge < -0.3 is 4.74 Å². The molecular weight excluding hydrogens is 200 g/mol. The molecular formula is C14H26O2. The Bertz CT molecular complexity index is 203. The van der Waals surface area contributed by atoms with Crippen molar-refractivity contribution in [2.75, 3.05) is 6.61 Å². The van der Waals surface area contributed by atoms with Crippen molar-refractivity contribution in [2.45, 2.75) is 59.3 Å². The van der Waals surface area contributed by atoms with Crippen LogP contribution < -0.4 is 0 Å². The average Bonchev–Trinajstić information content (AvgIpc) is 2.28. The van der Waals surface area contributed by atoms with Crippen molar-refractivity contribution in [2.24, 2.45) is 17.8 Å². The van der Waals surface area contributed by atoms with Crippen LogP contribution in [0.4, 0.5) is 0 Å². The Hall–Kier alpha value is -0.530. The largest absolute Gasteiger partial charge is 0.465 e. The maximum atomic E-state index is 11.3. The van der Waals surface area contributed by atoms with Crippen molar-refractivity contribution in [3.8, 4) is 0 Å². The summed E-state index contributed by atoms with van der Waals surface area (Å²) in [6, 6.07) is 0. The molecule has 0 aromatic heterocycles. The van der Waals surface area contributed by atoms with Gasteiger partial charge in [-0.05, 0) is 24.7 Å². The van der Waals surface area contributed by atoms with Gasteiger partial charge in [0.15, 0.2) is 0 Å². The van der Waals surface area contributed by atoms with Crippen molar-refractivity contribution >= 4 is 5.97 Å². The summed E-state index contributed by atoms with van der Waals surface area (Å²) in [5.41, 5.74) is 0. The number of carbonyl (C=O) groups is 1. The normalized spacial score (nSPS) is 25.8. The molecule has 0 radical (unpaired) electrons. The number of carbonyl (C=O) groups excluding carboxylic acids is 1. The molecule has 0 unspecified atom stereocenters. The second-order valence-electron chi connectivity index (χ2n) is 5.46. The number of esters is 1. The first-order chi connectivity index (χ1) is 7.63. The highest BCUT2D eigenvalue weighted by atomic mass is 16.5. The van der Waals surface area contributed by atoms with Gasteiger partial charge in [0.05, 0.1) is 12.5 Å². The summed E-state index contributed by atoms with van der Waals surface area (Å²) in [6.45, 7) is 6.69. The van der Waals surface area contributed by atoms with E-state index in [1.165, 1.54) is 38.5 Å². The second-order valence-corrected chi connectivity index (χ2v) is 5.46. The van der Waals surface area contributed by atoms with Gasteiger partial charge in [-0.3, -0.25) is 4.79 Å². The number of rotatable bonds is 5. The zero-order chi connectivity index (χ0) is 12.0. The van der Waals surface area contributed by atoms with Crippen molar-refractivity contribution in [1.29, 1.82) is 0 Å². The van der Waals surface area contributed by atoms with Crippen LogP contribution in [0.5, 0.6) is 0 Å². The Labute approximate surface area is 99.8 Å². The minimum atomic E-state index is -0.0457.